The largest absolute Gasteiger partial charge is 0.342 e. The highest BCUT2D eigenvalue weighted by molar-refractivity contribution is 7.08. The summed E-state index contributed by atoms with van der Waals surface area (Å²) in [4.78, 5) is 46.5. The zero-order valence-electron chi connectivity index (χ0n) is 18.5. The van der Waals surface area contributed by atoms with E-state index in [9.17, 15) is 14.4 Å². The van der Waals surface area contributed by atoms with Crippen LogP contribution in [0.5, 0.6) is 0 Å². The van der Waals surface area contributed by atoms with E-state index < -0.39 is 5.54 Å². The Hall–Kier alpha value is -2.74. The molecule has 2 fully saturated rings. The van der Waals surface area contributed by atoms with E-state index in [-0.39, 0.29) is 23.8 Å². The van der Waals surface area contributed by atoms with Gasteiger partial charge in [0.1, 0.15) is 5.54 Å². The fraction of sp³-hybridized carbons (Fsp3) is 0.500. The molecule has 4 rings (SSSR count). The fourth-order valence-corrected chi connectivity index (χ4v) is 5.63. The van der Waals surface area contributed by atoms with E-state index >= 15 is 0 Å². The molecule has 2 aromatic rings. The van der Waals surface area contributed by atoms with Gasteiger partial charge in [0.05, 0.1) is 6.42 Å². The van der Waals surface area contributed by atoms with E-state index in [1.165, 1.54) is 4.90 Å². The molecule has 1 atom stereocenters. The predicted octanol–water partition coefficient (Wildman–Crippen LogP) is 3.26. The molecule has 170 valence electrons. The summed E-state index contributed by atoms with van der Waals surface area (Å²) >= 11 is 1.60. The number of hydrogen-bond donors (Lipinski definition) is 1. The summed E-state index contributed by atoms with van der Waals surface area (Å²) in [6, 6.07) is 7.33. The summed E-state index contributed by atoms with van der Waals surface area (Å²) in [7, 11) is 0. The summed E-state index contributed by atoms with van der Waals surface area (Å²) < 4.78 is 0. The molecule has 2 saturated heterocycles. The van der Waals surface area contributed by atoms with Crippen molar-refractivity contribution in [2.24, 2.45) is 5.92 Å². The first-order valence-electron chi connectivity index (χ1n) is 11.4. The highest BCUT2D eigenvalue weighted by atomic mass is 32.1. The minimum atomic E-state index is -0.863. The van der Waals surface area contributed by atoms with Gasteiger partial charge in [-0.2, -0.15) is 11.3 Å². The Morgan fingerprint density at radius 3 is 2.72 bits per heavy atom. The first-order chi connectivity index (χ1) is 15.5. The number of pyridine rings is 1. The second-order valence-electron chi connectivity index (χ2n) is 8.64. The van der Waals surface area contributed by atoms with Crippen LogP contribution in [0.3, 0.4) is 0 Å². The van der Waals surface area contributed by atoms with Crippen LogP contribution < -0.4 is 5.32 Å². The van der Waals surface area contributed by atoms with Crippen molar-refractivity contribution >= 4 is 29.2 Å². The SMILES string of the molecule is CCC[C@@]1(C2CCN(C(=O)Cc3ccsc3)CC2)NC(=O)N(CCc2ccccn2)C1=O. The number of urea groups is 1. The van der Waals surface area contributed by atoms with E-state index in [0.29, 0.717) is 38.9 Å². The second-order valence-corrected chi connectivity index (χ2v) is 9.42. The molecule has 0 aliphatic carbocycles. The minimum absolute atomic E-state index is 0.0314. The number of amides is 4. The van der Waals surface area contributed by atoms with Crippen molar-refractivity contribution in [3.8, 4) is 0 Å². The molecule has 4 amide bonds. The van der Waals surface area contributed by atoms with Crippen LogP contribution in [-0.2, 0) is 22.4 Å². The van der Waals surface area contributed by atoms with Crippen LogP contribution in [-0.4, -0.2) is 57.8 Å². The normalized spacial score (nSPS) is 21.8. The Bertz CT molecular complexity index is 941. The van der Waals surface area contributed by atoms with E-state index in [1.54, 1.807) is 17.5 Å². The molecule has 0 radical (unpaired) electrons. The van der Waals surface area contributed by atoms with Crippen molar-refractivity contribution in [3.63, 3.8) is 0 Å². The molecule has 4 heterocycles. The molecule has 0 spiro atoms. The molecule has 2 aliphatic rings. The van der Waals surface area contributed by atoms with Gasteiger partial charge in [-0.3, -0.25) is 19.5 Å². The number of carbonyl (C=O) groups excluding carboxylic acids is 3. The maximum atomic E-state index is 13.5. The summed E-state index contributed by atoms with van der Waals surface area (Å²) in [6.45, 7) is 3.61. The van der Waals surface area contributed by atoms with Gasteiger partial charge in [0.2, 0.25) is 5.91 Å². The second kappa shape index (κ2) is 9.81. The molecule has 8 heteroatoms. The standard InChI is InChI=1S/C24H30N4O3S/c1-2-10-24(19-6-12-27(13-7-19)21(29)16-18-9-15-32-17-18)22(30)28(23(31)26-24)14-8-20-5-3-4-11-25-20/h3-5,9,11,15,17,19H,2,6-8,10,12-14,16H2,1H3,(H,26,31)/t24-/m0/s1. The van der Waals surface area contributed by atoms with Gasteiger partial charge in [-0.25, -0.2) is 4.79 Å². The van der Waals surface area contributed by atoms with Crippen LogP contribution in [0.15, 0.2) is 41.2 Å². The number of nitrogens with zero attached hydrogens (tertiary/aromatic N) is 3. The van der Waals surface area contributed by atoms with Gasteiger partial charge in [0.25, 0.3) is 5.91 Å². The van der Waals surface area contributed by atoms with E-state index in [2.05, 4.69) is 10.3 Å². The summed E-state index contributed by atoms with van der Waals surface area (Å²) in [5.41, 5.74) is 1.04. The predicted molar refractivity (Wildman–Crippen MR) is 123 cm³/mol. The maximum absolute atomic E-state index is 13.5. The number of imide groups is 1. The molecule has 2 aromatic heterocycles. The van der Waals surface area contributed by atoms with E-state index in [0.717, 1.165) is 30.5 Å². The number of carbonyl (C=O) groups is 3. The number of nitrogens with one attached hydrogen (secondary N) is 1. The molecule has 7 nitrogen and oxygen atoms in total. The van der Waals surface area contributed by atoms with Crippen LogP contribution in [0.4, 0.5) is 4.79 Å². The lowest BCUT2D eigenvalue weighted by Gasteiger charge is -2.41. The van der Waals surface area contributed by atoms with Crippen molar-refractivity contribution in [2.75, 3.05) is 19.6 Å². The average molecular weight is 455 g/mol. The molecule has 0 aromatic carbocycles. The van der Waals surface area contributed by atoms with Gasteiger partial charge >= 0.3 is 6.03 Å². The third-order valence-corrected chi connectivity index (χ3v) is 7.38. The highest BCUT2D eigenvalue weighted by Gasteiger charge is 2.55. The molecule has 2 aliphatic heterocycles. The van der Waals surface area contributed by atoms with Crippen molar-refractivity contribution in [1.82, 2.24) is 20.1 Å². The Morgan fingerprint density at radius 2 is 2.06 bits per heavy atom. The molecule has 0 saturated carbocycles. The van der Waals surface area contributed by atoms with Crippen LogP contribution in [0.2, 0.25) is 0 Å². The van der Waals surface area contributed by atoms with Gasteiger partial charge in [0, 0.05) is 37.9 Å². The first-order valence-corrected chi connectivity index (χ1v) is 12.3. The van der Waals surface area contributed by atoms with Crippen LogP contribution in [0.1, 0.15) is 43.9 Å². The highest BCUT2D eigenvalue weighted by Crippen LogP contribution is 2.37. The zero-order chi connectivity index (χ0) is 22.6. The number of rotatable bonds is 8. The summed E-state index contributed by atoms with van der Waals surface area (Å²) in [5, 5.41) is 7.06. The summed E-state index contributed by atoms with van der Waals surface area (Å²) in [6.07, 6.45) is 5.53. The van der Waals surface area contributed by atoms with Crippen LogP contribution >= 0.6 is 11.3 Å². The number of hydrogen-bond acceptors (Lipinski definition) is 5. The Kier molecular flexibility index (Phi) is 6.89. The summed E-state index contributed by atoms with van der Waals surface area (Å²) in [5.74, 6) is 0.0393. The third-order valence-electron chi connectivity index (χ3n) is 6.64. The Morgan fingerprint density at radius 1 is 1.25 bits per heavy atom. The van der Waals surface area contributed by atoms with Crippen molar-refractivity contribution in [2.45, 2.75) is 51.0 Å². The van der Waals surface area contributed by atoms with Gasteiger partial charge in [0.15, 0.2) is 0 Å². The molecule has 32 heavy (non-hydrogen) atoms. The fourth-order valence-electron chi connectivity index (χ4n) is 4.97. The van der Waals surface area contributed by atoms with Crippen molar-refractivity contribution in [3.05, 3.63) is 52.5 Å². The minimum Gasteiger partial charge on any atom is -0.342 e. The van der Waals surface area contributed by atoms with Crippen molar-refractivity contribution < 1.29 is 14.4 Å². The van der Waals surface area contributed by atoms with E-state index in [1.807, 2.05) is 46.8 Å². The van der Waals surface area contributed by atoms with Crippen LogP contribution in [0.25, 0.3) is 0 Å². The maximum Gasteiger partial charge on any atom is 0.325 e. The monoisotopic (exact) mass is 454 g/mol. The van der Waals surface area contributed by atoms with Crippen molar-refractivity contribution in [1.29, 1.82) is 0 Å². The lowest BCUT2D eigenvalue weighted by atomic mass is 9.74. The average Bonchev–Trinajstić information content (AvgIpc) is 3.40. The topological polar surface area (TPSA) is 82.6 Å². The number of thiophene rings is 1. The van der Waals surface area contributed by atoms with Crippen LogP contribution in [0, 0.1) is 5.92 Å². The number of piperidine rings is 1. The Balaban J connectivity index is 1.40. The quantitative estimate of drug-likeness (QED) is 0.621. The zero-order valence-corrected chi connectivity index (χ0v) is 19.3. The van der Waals surface area contributed by atoms with Gasteiger partial charge in [-0.15, -0.1) is 0 Å². The van der Waals surface area contributed by atoms with Gasteiger partial charge < -0.3 is 10.2 Å². The number of aromatic nitrogens is 1. The lowest BCUT2D eigenvalue weighted by molar-refractivity contribution is -0.136. The molecular formula is C24H30N4O3S. The van der Waals surface area contributed by atoms with Gasteiger partial charge in [-0.05, 0) is 59.7 Å². The third kappa shape index (κ3) is 4.55. The van der Waals surface area contributed by atoms with E-state index in [4.69, 9.17) is 0 Å². The molecule has 0 unspecified atom stereocenters. The Labute approximate surface area is 192 Å². The molecule has 1 N–H and O–H groups in total. The number of likely N-dealkylation sites (tertiary alicyclic amines) is 1. The lowest BCUT2D eigenvalue weighted by Crippen LogP contribution is -2.56. The first kappa shape index (κ1) is 22.5. The van der Waals surface area contributed by atoms with Gasteiger partial charge in [-0.1, -0.05) is 19.4 Å². The smallest absolute Gasteiger partial charge is 0.325 e. The molecule has 0 bridgehead atoms. The molecular weight excluding hydrogens is 424 g/mol.